The molecule has 0 spiro atoms. The predicted molar refractivity (Wildman–Crippen MR) is 122 cm³/mol. The highest BCUT2D eigenvalue weighted by Crippen LogP contribution is 2.28. The summed E-state index contributed by atoms with van der Waals surface area (Å²) in [6.45, 7) is 1.93. The van der Waals surface area contributed by atoms with Crippen LogP contribution in [-0.4, -0.2) is 47.4 Å². The Hall–Kier alpha value is -2.70. The van der Waals surface area contributed by atoms with Crippen LogP contribution in [0.4, 0.5) is 4.39 Å². The third kappa shape index (κ3) is 5.56. The van der Waals surface area contributed by atoms with Crippen molar-refractivity contribution < 1.29 is 13.6 Å². The zero-order chi connectivity index (χ0) is 22.5. The average molecular weight is 456 g/mol. The number of rotatable bonds is 7. The minimum atomic E-state index is -0.249. The number of halogens is 2. The van der Waals surface area contributed by atoms with Crippen molar-refractivity contribution in [3.8, 4) is 0 Å². The summed E-state index contributed by atoms with van der Waals surface area (Å²) >= 11 is 6.25. The molecule has 1 aliphatic heterocycles. The summed E-state index contributed by atoms with van der Waals surface area (Å²) in [6, 6.07) is 14.4. The van der Waals surface area contributed by atoms with Gasteiger partial charge in [0, 0.05) is 36.6 Å². The van der Waals surface area contributed by atoms with E-state index >= 15 is 0 Å². The third-order valence-electron chi connectivity index (χ3n) is 5.82. The van der Waals surface area contributed by atoms with E-state index in [0.717, 1.165) is 30.7 Å². The molecule has 0 N–H and O–H groups in total. The Morgan fingerprint density at radius 2 is 1.97 bits per heavy atom. The Labute approximate surface area is 192 Å². The Morgan fingerprint density at radius 3 is 2.75 bits per heavy atom. The lowest BCUT2D eigenvalue weighted by atomic mass is 9.98. The maximum absolute atomic E-state index is 13.9. The molecule has 0 aliphatic carbocycles. The van der Waals surface area contributed by atoms with Crippen LogP contribution in [-0.2, 0) is 17.8 Å². The zero-order valence-electron chi connectivity index (χ0n) is 18.1. The van der Waals surface area contributed by atoms with E-state index in [-0.39, 0.29) is 24.2 Å². The number of hydrogen-bond donors (Lipinski definition) is 0. The van der Waals surface area contributed by atoms with Crippen LogP contribution in [0.15, 0.2) is 59.1 Å². The first-order valence-corrected chi connectivity index (χ1v) is 11.2. The molecule has 2 aromatic carbocycles. The number of amides is 1. The molecule has 2 heterocycles. The number of hydrogen-bond acceptors (Lipinski definition) is 4. The fraction of sp³-hybridized carbons (Fsp3) is 0.360. The van der Waals surface area contributed by atoms with E-state index in [1.165, 1.54) is 6.07 Å². The summed E-state index contributed by atoms with van der Waals surface area (Å²) in [7, 11) is 1.83. The first-order chi connectivity index (χ1) is 15.5. The van der Waals surface area contributed by atoms with Crippen LogP contribution in [0.1, 0.15) is 41.5 Å². The summed E-state index contributed by atoms with van der Waals surface area (Å²) in [5.41, 5.74) is 1.58. The Balaban J connectivity index is 1.34. The normalized spacial score (nSPS) is 16.5. The van der Waals surface area contributed by atoms with Crippen LogP contribution in [0.25, 0.3) is 0 Å². The Bertz CT molecular complexity index is 1070. The van der Waals surface area contributed by atoms with Crippen molar-refractivity contribution in [3.05, 3.63) is 88.3 Å². The molecule has 0 bridgehead atoms. The van der Waals surface area contributed by atoms with Gasteiger partial charge in [0.15, 0.2) is 5.89 Å². The van der Waals surface area contributed by atoms with Gasteiger partial charge in [-0.25, -0.2) is 9.37 Å². The number of piperidine rings is 1. The largest absolute Gasteiger partial charge is 0.445 e. The van der Waals surface area contributed by atoms with E-state index in [4.69, 9.17) is 16.0 Å². The highest BCUT2D eigenvalue weighted by atomic mass is 35.5. The van der Waals surface area contributed by atoms with Crippen molar-refractivity contribution >= 4 is 17.5 Å². The lowest BCUT2D eigenvalue weighted by Gasteiger charge is -2.32. The van der Waals surface area contributed by atoms with Gasteiger partial charge < -0.3 is 9.32 Å². The van der Waals surface area contributed by atoms with Gasteiger partial charge in [-0.3, -0.25) is 9.69 Å². The quantitative estimate of drug-likeness (QED) is 0.508. The minimum Gasteiger partial charge on any atom is -0.445 e. The molecule has 1 saturated heterocycles. The summed E-state index contributed by atoms with van der Waals surface area (Å²) in [5, 5.41) is 0.708. The molecule has 4 rings (SSSR count). The number of aromatic nitrogens is 1. The number of carbonyl (C=O) groups excluding carboxylic acids is 1. The minimum absolute atomic E-state index is 0.0383. The molecule has 1 atom stereocenters. The lowest BCUT2D eigenvalue weighted by molar-refractivity contribution is -0.133. The van der Waals surface area contributed by atoms with E-state index in [9.17, 15) is 9.18 Å². The van der Waals surface area contributed by atoms with E-state index < -0.39 is 0 Å². The molecule has 0 radical (unpaired) electrons. The number of nitrogens with zero attached hydrogens (tertiary/aromatic N) is 3. The van der Waals surface area contributed by atoms with Gasteiger partial charge >= 0.3 is 0 Å². The topological polar surface area (TPSA) is 49.6 Å². The second kappa shape index (κ2) is 10.3. The van der Waals surface area contributed by atoms with Crippen molar-refractivity contribution in [2.45, 2.75) is 31.7 Å². The van der Waals surface area contributed by atoms with Crippen LogP contribution in [0.2, 0.25) is 5.02 Å². The predicted octanol–water partition coefficient (Wildman–Crippen LogP) is 4.90. The van der Waals surface area contributed by atoms with Crippen LogP contribution >= 0.6 is 11.6 Å². The number of likely N-dealkylation sites (N-methyl/N-ethyl adjacent to an activating group) is 1. The molecule has 0 saturated carbocycles. The smallest absolute Gasteiger partial charge is 0.236 e. The molecule has 168 valence electrons. The van der Waals surface area contributed by atoms with E-state index in [1.807, 2.05) is 41.1 Å². The molecular weight excluding hydrogens is 429 g/mol. The Morgan fingerprint density at radius 1 is 1.22 bits per heavy atom. The molecule has 7 heteroatoms. The number of benzene rings is 2. The first kappa shape index (κ1) is 22.5. The standard InChI is InChI=1S/C25H27ClFN3O2/c1-29(15-19-8-3-5-11-23(19)27)17-24(31)30-12-6-9-20(16-30)25-28-14-21(32-25)13-18-7-2-4-10-22(18)26/h2-5,7-8,10-11,14,20H,6,9,12-13,15-17H2,1H3. The van der Waals surface area contributed by atoms with Crippen LogP contribution in [0, 0.1) is 5.82 Å². The maximum Gasteiger partial charge on any atom is 0.236 e. The highest BCUT2D eigenvalue weighted by molar-refractivity contribution is 6.31. The molecule has 3 aromatic rings. The molecule has 32 heavy (non-hydrogen) atoms. The molecule has 1 amide bonds. The fourth-order valence-corrected chi connectivity index (χ4v) is 4.33. The molecule has 1 aliphatic rings. The lowest BCUT2D eigenvalue weighted by Crippen LogP contribution is -2.43. The average Bonchev–Trinajstić information content (AvgIpc) is 3.26. The van der Waals surface area contributed by atoms with Crippen LogP contribution < -0.4 is 0 Å². The third-order valence-corrected chi connectivity index (χ3v) is 6.19. The number of carbonyl (C=O) groups is 1. The van der Waals surface area contributed by atoms with Gasteiger partial charge in [0.1, 0.15) is 11.6 Å². The summed E-state index contributed by atoms with van der Waals surface area (Å²) in [6.07, 6.45) is 4.17. The molecule has 5 nitrogen and oxygen atoms in total. The maximum atomic E-state index is 13.9. The van der Waals surface area contributed by atoms with Crippen molar-refractivity contribution in [1.82, 2.24) is 14.8 Å². The van der Waals surface area contributed by atoms with Gasteiger partial charge in [-0.1, -0.05) is 48.0 Å². The van der Waals surface area contributed by atoms with Gasteiger partial charge in [-0.05, 0) is 37.6 Å². The van der Waals surface area contributed by atoms with Gasteiger partial charge in [-0.15, -0.1) is 0 Å². The van der Waals surface area contributed by atoms with Gasteiger partial charge in [0.25, 0.3) is 0 Å². The van der Waals surface area contributed by atoms with Gasteiger partial charge in [-0.2, -0.15) is 0 Å². The number of oxazole rings is 1. The van der Waals surface area contributed by atoms with E-state index in [1.54, 1.807) is 24.4 Å². The molecular formula is C25H27ClFN3O2. The van der Waals surface area contributed by atoms with Crippen LogP contribution in [0.3, 0.4) is 0 Å². The van der Waals surface area contributed by atoms with Crippen molar-refractivity contribution in [1.29, 1.82) is 0 Å². The fourth-order valence-electron chi connectivity index (χ4n) is 4.13. The summed E-state index contributed by atoms with van der Waals surface area (Å²) < 4.78 is 19.9. The van der Waals surface area contributed by atoms with Crippen LogP contribution in [0.5, 0.6) is 0 Å². The Kier molecular flexibility index (Phi) is 7.22. The van der Waals surface area contributed by atoms with E-state index in [2.05, 4.69) is 4.98 Å². The first-order valence-electron chi connectivity index (χ1n) is 10.9. The highest BCUT2D eigenvalue weighted by Gasteiger charge is 2.28. The van der Waals surface area contributed by atoms with Crippen molar-refractivity contribution in [3.63, 3.8) is 0 Å². The monoisotopic (exact) mass is 455 g/mol. The summed E-state index contributed by atoms with van der Waals surface area (Å²) in [5.74, 6) is 1.30. The SMILES string of the molecule is CN(CC(=O)N1CCCC(c2ncc(Cc3ccccc3Cl)o2)C1)Cc1ccccc1F. The van der Waals surface area contributed by atoms with Gasteiger partial charge in [0.2, 0.25) is 5.91 Å². The van der Waals surface area contributed by atoms with Gasteiger partial charge in [0.05, 0.1) is 18.7 Å². The second-order valence-electron chi connectivity index (χ2n) is 8.38. The summed E-state index contributed by atoms with van der Waals surface area (Å²) in [4.78, 5) is 21.1. The number of likely N-dealkylation sites (tertiary alicyclic amines) is 1. The molecule has 1 unspecified atom stereocenters. The van der Waals surface area contributed by atoms with Crippen molar-refractivity contribution in [2.75, 3.05) is 26.7 Å². The second-order valence-corrected chi connectivity index (χ2v) is 8.78. The molecule has 1 aromatic heterocycles. The zero-order valence-corrected chi connectivity index (χ0v) is 18.9. The molecule has 1 fully saturated rings. The van der Waals surface area contributed by atoms with E-state index in [0.29, 0.717) is 36.0 Å². The van der Waals surface area contributed by atoms with Crippen molar-refractivity contribution in [2.24, 2.45) is 0 Å².